The van der Waals surface area contributed by atoms with Crippen LogP contribution in [0.1, 0.15) is 30.4 Å². The van der Waals surface area contributed by atoms with Crippen molar-refractivity contribution in [1.29, 1.82) is 0 Å². The van der Waals surface area contributed by atoms with Crippen molar-refractivity contribution in [2.45, 2.75) is 32.1 Å². The van der Waals surface area contributed by atoms with E-state index in [-0.39, 0.29) is 5.75 Å². The molecule has 0 radical (unpaired) electrons. The second-order valence-corrected chi connectivity index (χ2v) is 4.73. The first-order valence-corrected chi connectivity index (χ1v) is 6.10. The van der Waals surface area contributed by atoms with Gasteiger partial charge in [-0.25, -0.2) is 0 Å². The van der Waals surface area contributed by atoms with E-state index in [1.54, 1.807) is 7.11 Å². The van der Waals surface area contributed by atoms with Crippen LogP contribution in [0, 0.1) is 0 Å². The van der Waals surface area contributed by atoms with Crippen LogP contribution in [0.4, 0.5) is 0 Å². The SMILES string of the molecule is COc1c(O)cc2c(c1Br)CCCCC2. The fourth-order valence-corrected chi connectivity index (χ4v) is 3.01. The van der Waals surface area contributed by atoms with Gasteiger partial charge in [0.1, 0.15) is 0 Å². The van der Waals surface area contributed by atoms with E-state index in [1.807, 2.05) is 6.07 Å². The van der Waals surface area contributed by atoms with Gasteiger partial charge < -0.3 is 9.84 Å². The molecular formula is C12H15BrO2. The van der Waals surface area contributed by atoms with E-state index in [9.17, 15) is 5.11 Å². The van der Waals surface area contributed by atoms with Crippen LogP contribution < -0.4 is 4.74 Å². The van der Waals surface area contributed by atoms with E-state index in [0.717, 1.165) is 17.3 Å². The molecule has 0 bridgehead atoms. The molecule has 3 heteroatoms. The minimum atomic E-state index is 0.241. The number of phenolic OH excluding ortho intramolecular Hbond substituents is 1. The van der Waals surface area contributed by atoms with E-state index >= 15 is 0 Å². The zero-order valence-electron chi connectivity index (χ0n) is 8.85. The molecule has 0 saturated heterocycles. The van der Waals surface area contributed by atoms with Crippen LogP contribution in [0.3, 0.4) is 0 Å². The average molecular weight is 271 g/mol. The van der Waals surface area contributed by atoms with Crippen LogP contribution >= 0.6 is 15.9 Å². The molecule has 1 N–H and O–H groups in total. The third-order valence-electron chi connectivity index (χ3n) is 2.97. The van der Waals surface area contributed by atoms with Gasteiger partial charge in [-0.3, -0.25) is 0 Å². The molecule has 1 aromatic rings. The van der Waals surface area contributed by atoms with Gasteiger partial charge in [-0.05, 0) is 58.8 Å². The molecule has 1 aliphatic rings. The van der Waals surface area contributed by atoms with Gasteiger partial charge >= 0.3 is 0 Å². The number of hydrogen-bond donors (Lipinski definition) is 1. The number of ether oxygens (including phenoxy) is 1. The standard InChI is InChI=1S/C12H15BrO2/c1-15-12-10(14)7-8-5-3-2-4-6-9(8)11(12)13/h7,14H,2-6H2,1H3. The normalized spacial score (nSPS) is 15.6. The monoisotopic (exact) mass is 270 g/mol. The van der Waals surface area contributed by atoms with Crippen LogP contribution in [-0.4, -0.2) is 12.2 Å². The predicted molar refractivity (Wildman–Crippen MR) is 63.6 cm³/mol. The number of benzene rings is 1. The molecule has 0 amide bonds. The van der Waals surface area contributed by atoms with Gasteiger partial charge in [-0.15, -0.1) is 0 Å². The Morgan fingerprint density at radius 3 is 2.73 bits per heavy atom. The number of aromatic hydroxyl groups is 1. The molecule has 1 aliphatic carbocycles. The fraction of sp³-hybridized carbons (Fsp3) is 0.500. The van der Waals surface area contributed by atoms with Crippen LogP contribution in [0.15, 0.2) is 10.5 Å². The van der Waals surface area contributed by atoms with E-state index in [4.69, 9.17) is 4.74 Å². The summed E-state index contributed by atoms with van der Waals surface area (Å²) in [7, 11) is 1.59. The van der Waals surface area contributed by atoms with Gasteiger partial charge in [0, 0.05) is 0 Å². The molecule has 0 fully saturated rings. The summed E-state index contributed by atoms with van der Waals surface area (Å²) in [6.45, 7) is 0. The lowest BCUT2D eigenvalue weighted by molar-refractivity contribution is 0.370. The predicted octanol–water partition coefficient (Wildman–Crippen LogP) is 3.43. The number of hydrogen-bond acceptors (Lipinski definition) is 2. The molecule has 0 heterocycles. The van der Waals surface area contributed by atoms with Crippen molar-refractivity contribution in [1.82, 2.24) is 0 Å². The average Bonchev–Trinajstić information content (AvgIpc) is 2.43. The van der Waals surface area contributed by atoms with E-state index in [0.29, 0.717) is 5.75 Å². The van der Waals surface area contributed by atoms with E-state index < -0.39 is 0 Å². The highest BCUT2D eigenvalue weighted by molar-refractivity contribution is 9.10. The van der Waals surface area contributed by atoms with Crippen LogP contribution in [0.2, 0.25) is 0 Å². The lowest BCUT2D eigenvalue weighted by Crippen LogP contribution is -1.96. The molecule has 2 nitrogen and oxygen atoms in total. The minimum Gasteiger partial charge on any atom is -0.504 e. The summed E-state index contributed by atoms with van der Waals surface area (Å²) in [6.07, 6.45) is 5.84. The molecule has 15 heavy (non-hydrogen) atoms. The van der Waals surface area contributed by atoms with Crippen molar-refractivity contribution >= 4 is 15.9 Å². The van der Waals surface area contributed by atoms with Crippen molar-refractivity contribution in [3.63, 3.8) is 0 Å². The highest BCUT2D eigenvalue weighted by atomic mass is 79.9. The first-order valence-electron chi connectivity index (χ1n) is 5.31. The molecule has 0 aliphatic heterocycles. The zero-order valence-corrected chi connectivity index (χ0v) is 10.4. The summed E-state index contributed by atoms with van der Waals surface area (Å²) in [4.78, 5) is 0. The van der Waals surface area contributed by atoms with Crippen LogP contribution in [-0.2, 0) is 12.8 Å². The second-order valence-electron chi connectivity index (χ2n) is 3.94. The molecule has 0 spiro atoms. The summed E-state index contributed by atoms with van der Waals surface area (Å²) < 4.78 is 6.12. The molecule has 2 rings (SSSR count). The summed E-state index contributed by atoms with van der Waals surface area (Å²) in [5.41, 5.74) is 2.57. The summed E-state index contributed by atoms with van der Waals surface area (Å²) in [5, 5.41) is 9.78. The Bertz CT molecular complexity index is 374. The van der Waals surface area contributed by atoms with Gasteiger partial charge in [0.05, 0.1) is 11.6 Å². The van der Waals surface area contributed by atoms with Gasteiger partial charge in [0.25, 0.3) is 0 Å². The Labute approximate surface area is 98.4 Å². The van der Waals surface area contributed by atoms with Crippen LogP contribution in [0.25, 0.3) is 0 Å². The number of halogens is 1. The van der Waals surface area contributed by atoms with Crippen molar-refractivity contribution in [2.24, 2.45) is 0 Å². The van der Waals surface area contributed by atoms with Gasteiger partial charge in [-0.2, -0.15) is 0 Å². The number of rotatable bonds is 1. The highest BCUT2D eigenvalue weighted by Gasteiger charge is 2.17. The number of fused-ring (bicyclic) bond motifs is 1. The van der Waals surface area contributed by atoms with Gasteiger partial charge in [0.2, 0.25) is 0 Å². The quantitative estimate of drug-likeness (QED) is 0.793. The van der Waals surface area contributed by atoms with E-state index in [2.05, 4.69) is 15.9 Å². The Kier molecular flexibility index (Phi) is 3.19. The van der Waals surface area contributed by atoms with Crippen LogP contribution in [0.5, 0.6) is 11.5 Å². The first kappa shape index (κ1) is 10.8. The fourth-order valence-electron chi connectivity index (χ4n) is 2.19. The highest BCUT2D eigenvalue weighted by Crippen LogP contribution is 2.41. The zero-order chi connectivity index (χ0) is 10.8. The first-order chi connectivity index (χ1) is 7.24. The van der Waals surface area contributed by atoms with Gasteiger partial charge in [-0.1, -0.05) is 6.42 Å². The lowest BCUT2D eigenvalue weighted by atomic mass is 10.0. The number of aryl methyl sites for hydroxylation is 1. The summed E-state index contributed by atoms with van der Waals surface area (Å²) >= 11 is 3.53. The maximum Gasteiger partial charge on any atom is 0.174 e. The Balaban J connectivity index is 2.53. The second kappa shape index (κ2) is 4.44. The van der Waals surface area contributed by atoms with Crippen molar-refractivity contribution in [2.75, 3.05) is 7.11 Å². The molecular weight excluding hydrogens is 256 g/mol. The van der Waals surface area contributed by atoms with Crippen molar-refractivity contribution in [3.8, 4) is 11.5 Å². The maximum absolute atomic E-state index is 9.78. The smallest absolute Gasteiger partial charge is 0.174 e. The molecule has 0 saturated carbocycles. The molecule has 82 valence electrons. The lowest BCUT2D eigenvalue weighted by Gasteiger charge is -2.13. The van der Waals surface area contributed by atoms with E-state index in [1.165, 1.54) is 30.4 Å². The Hall–Kier alpha value is -0.700. The summed E-state index contributed by atoms with van der Waals surface area (Å²) in [6, 6.07) is 1.85. The summed E-state index contributed by atoms with van der Waals surface area (Å²) in [5.74, 6) is 0.806. The van der Waals surface area contributed by atoms with Crippen molar-refractivity contribution < 1.29 is 9.84 Å². The van der Waals surface area contributed by atoms with Crippen molar-refractivity contribution in [3.05, 3.63) is 21.7 Å². The molecule has 0 atom stereocenters. The third kappa shape index (κ3) is 1.98. The molecule has 1 aromatic carbocycles. The number of phenols is 1. The molecule has 0 aromatic heterocycles. The third-order valence-corrected chi connectivity index (χ3v) is 3.81. The molecule has 0 unspecified atom stereocenters. The topological polar surface area (TPSA) is 29.5 Å². The van der Waals surface area contributed by atoms with Gasteiger partial charge in [0.15, 0.2) is 11.5 Å². The minimum absolute atomic E-state index is 0.241. The Morgan fingerprint density at radius 2 is 2.00 bits per heavy atom. The Morgan fingerprint density at radius 1 is 1.27 bits per heavy atom. The number of methoxy groups -OCH3 is 1. The largest absolute Gasteiger partial charge is 0.504 e. The maximum atomic E-state index is 9.78.